The number of hydrogen-bond acceptors (Lipinski definition) is 4. The van der Waals surface area contributed by atoms with Gasteiger partial charge in [-0.05, 0) is 67.1 Å². The molecule has 180 valence electrons. The molecule has 0 bridgehead atoms. The molecule has 0 spiro atoms. The second-order valence-corrected chi connectivity index (χ2v) is 9.14. The number of nitrogens with zero attached hydrogens (tertiary/aromatic N) is 4. The Balaban J connectivity index is 1.64. The van der Waals surface area contributed by atoms with Crippen molar-refractivity contribution in [2.45, 2.75) is 13.1 Å². The summed E-state index contributed by atoms with van der Waals surface area (Å²) >= 11 is 0. The zero-order valence-electron chi connectivity index (χ0n) is 19.2. The molecule has 0 unspecified atom stereocenters. The first kappa shape index (κ1) is 20.4. The van der Waals surface area contributed by atoms with E-state index in [1.807, 2.05) is 46.1 Å². The average Bonchev–Trinajstić information content (AvgIpc) is 3.67. The van der Waals surface area contributed by atoms with Crippen LogP contribution in [-0.2, 0) is 6.18 Å². The lowest BCUT2D eigenvalue weighted by molar-refractivity contribution is -0.137. The van der Waals surface area contributed by atoms with Crippen LogP contribution in [-0.4, -0.2) is 18.8 Å². The highest BCUT2D eigenvalue weighted by Gasteiger charge is 2.33. The van der Waals surface area contributed by atoms with Gasteiger partial charge in [0.15, 0.2) is 11.5 Å². The smallest absolute Gasteiger partial charge is 0.416 e. The Hall–Kier alpha value is -4.79. The van der Waals surface area contributed by atoms with Gasteiger partial charge in [-0.25, -0.2) is 9.97 Å². The van der Waals surface area contributed by atoms with E-state index in [4.69, 9.17) is 18.8 Å². The number of benzene rings is 2. The second kappa shape index (κ2) is 6.70. The Kier molecular flexibility index (Phi) is 3.69. The number of imidazole rings is 2. The molecule has 6 heterocycles. The number of aryl methyl sites for hydroxylation is 1. The molecule has 9 heteroatoms. The van der Waals surface area contributed by atoms with Gasteiger partial charge in [-0.15, -0.1) is 0 Å². The summed E-state index contributed by atoms with van der Waals surface area (Å²) in [5.41, 5.74) is 5.44. The van der Waals surface area contributed by atoms with Crippen molar-refractivity contribution in [3.05, 3.63) is 84.3 Å². The van der Waals surface area contributed by atoms with Crippen molar-refractivity contribution < 1.29 is 22.0 Å². The second-order valence-electron chi connectivity index (χ2n) is 9.14. The van der Waals surface area contributed by atoms with Crippen LogP contribution in [0.2, 0.25) is 0 Å². The molecular formula is C28H15F3N4O2. The molecule has 0 fully saturated rings. The highest BCUT2D eigenvalue weighted by molar-refractivity contribution is 6.21. The summed E-state index contributed by atoms with van der Waals surface area (Å²) in [7, 11) is 0. The van der Waals surface area contributed by atoms with E-state index in [-0.39, 0.29) is 5.52 Å². The number of rotatable bonds is 2. The van der Waals surface area contributed by atoms with Crippen LogP contribution < -0.4 is 0 Å². The zero-order valence-corrected chi connectivity index (χ0v) is 19.2. The molecule has 0 aliphatic carbocycles. The molecule has 0 N–H and O–H groups in total. The van der Waals surface area contributed by atoms with E-state index >= 15 is 0 Å². The SMILES string of the molecule is Cc1ccc2c(c1)nc1c3c(-c4ccco4)n4c5ccc(C(F)(F)F)cc5nc4c3c(-c3ccco3)n21. The van der Waals surface area contributed by atoms with E-state index in [1.165, 1.54) is 6.07 Å². The topological polar surface area (TPSA) is 60.9 Å². The van der Waals surface area contributed by atoms with Crippen LogP contribution in [0.3, 0.4) is 0 Å². The molecule has 0 amide bonds. The van der Waals surface area contributed by atoms with E-state index in [1.54, 1.807) is 24.7 Å². The molecular weight excluding hydrogens is 481 g/mol. The number of halogens is 3. The monoisotopic (exact) mass is 496 g/mol. The first-order valence-electron chi connectivity index (χ1n) is 11.6. The van der Waals surface area contributed by atoms with Gasteiger partial charge in [0, 0.05) is 0 Å². The van der Waals surface area contributed by atoms with Crippen LogP contribution in [0.25, 0.3) is 67.0 Å². The van der Waals surface area contributed by atoms with Crippen molar-refractivity contribution in [1.29, 1.82) is 0 Å². The normalized spacial score (nSPS) is 12.9. The van der Waals surface area contributed by atoms with E-state index in [0.717, 1.165) is 45.2 Å². The van der Waals surface area contributed by atoms with Gasteiger partial charge in [-0.1, -0.05) is 6.07 Å². The third-order valence-corrected chi connectivity index (χ3v) is 6.92. The Morgan fingerprint density at radius 1 is 0.703 bits per heavy atom. The van der Waals surface area contributed by atoms with Crippen LogP contribution in [0.4, 0.5) is 13.2 Å². The highest BCUT2D eigenvalue weighted by Crippen LogP contribution is 2.46. The van der Waals surface area contributed by atoms with Gasteiger partial charge < -0.3 is 8.83 Å². The molecule has 0 radical (unpaired) electrons. The number of furan rings is 2. The van der Waals surface area contributed by atoms with E-state index in [9.17, 15) is 13.2 Å². The van der Waals surface area contributed by atoms with Crippen molar-refractivity contribution >= 4 is 44.1 Å². The van der Waals surface area contributed by atoms with Crippen molar-refractivity contribution in [2.75, 3.05) is 0 Å². The summed E-state index contributed by atoms with van der Waals surface area (Å²) in [4.78, 5) is 9.72. The lowest BCUT2D eigenvalue weighted by atomic mass is 10.1. The standard InChI is InChI=1S/C28H15F3N4O2/c1-14-6-8-18-16(12-14)32-26-22-23(24(34(18)26)20-4-2-10-36-20)27-33-17-13-15(28(29,30)31)7-9-19(17)35(27)25(22)21-5-3-11-37-21/h2-13H,1H3. The Morgan fingerprint density at radius 2 is 1.24 bits per heavy atom. The number of alkyl halides is 3. The summed E-state index contributed by atoms with van der Waals surface area (Å²) in [5.74, 6) is 1.15. The van der Waals surface area contributed by atoms with Gasteiger partial charge >= 0.3 is 6.18 Å². The number of hydrogen-bond donors (Lipinski definition) is 0. The number of fused-ring (bicyclic) bond motifs is 9. The van der Waals surface area contributed by atoms with Gasteiger partial charge in [-0.2, -0.15) is 13.2 Å². The van der Waals surface area contributed by atoms with Crippen LogP contribution in [0.5, 0.6) is 0 Å². The minimum atomic E-state index is -4.47. The summed E-state index contributed by atoms with van der Waals surface area (Å²) in [5, 5.41) is 1.52. The van der Waals surface area contributed by atoms with Crippen molar-refractivity contribution in [1.82, 2.24) is 18.8 Å². The largest absolute Gasteiger partial charge is 0.463 e. The maximum Gasteiger partial charge on any atom is 0.416 e. The van der Waals surface area contributed by atoms with Crippen molar-refractivity contribution in [3.63, 3.8) is 0 Å². The molecule has 6 aromatic heterocycles. The minimum Gasteiger partial charge on any atom is -0.463 e. The lowest BCUT2D eigenvalue weighted by Crippen LogP contribution is -2.04. The van der Waals surface area contributed by atoms with E-state index in [2.05, 4.69) is 0 Å². The molecule has 0 saturated carbocycles. The fourth-order valence-electron chi connectivity index (χ4n) is 5.42. The van der Waals surface area contributed by atoms with E-state index < -0.39 is 11.7 Å². The van der Waals surface area contributed by atoms with Crippen LogP contribution in [0.15, 0.2) is 82.0 Å². The molecule has 0 aliphatic heterocycles. The van der Waals surface area contributed by atoms with E-state index in [0.29, 0.717) is 34.0 Å². The zero-order chi connectivity index (χ0) is 25.1. The fraction of sp³-hybridized carbons (Fsp3) is 0.0714. The fourth-order valence-corrected chi connectivity index (χ4v) is 5.42. The minimum absolute atomic E-state index is 0.240. The van der Waals surface area contributed by atoms with Gasteiger partial charge in [0.05, 0.1) is 50.9 Å². The van der Waals surface area contributed by atoms with Crippen LogP contribution >= 0.6 is 0 Å². The van der Waals surface area contributed by atoms with Gasteiger partial charge in [-0.3, -0.25) is 8.80 Å². The average molecular weight is 496 g/mol. The summed E-state index contributed by atoms with van der Waals surface area (Å²) in [6.45, 7) is 2.01. The maximum atomic E-state index is 13.5. The molecule has 6 nitrogen and oxygen atoms in total. The summed E-state index contributed by atoms with van der Waals surface area (Å²) in [6, 6.07) is 16.9. The third-order valence-electron chi connectivity index (χ3n) is 6.92. The van der Waals surface area contributed by atoms with Crippen LogP contribution in [0.1, 0.15) is 11.1 Å². The summed E-state index contributed by atoms with van der Waals surface area (Å²) in [6.07, 6.45) is -1.31. The molecule has 0 saturated heterocycles. The molecule has 2 aromatic carbocycles. The van der Waals surface area contributed by atoms with Crippen molar-refractivity contribution in [3.8, 4) is 22.9 Å². The van der Waals surface area contributed by atoms with Gasteiger partial charge in [0.25, 0.3) is 0 Å². The number of aromatic nitrogens is 4. The predicted octanol–water partition coefficient (Wildman–Crippen LogP) is 7.73. The highest BCUT2D eigenvalue weighted by atomic mass is 19.4. The van der Waals surface area contributed by atoms with Gasteiger partial charge in [0.2, 0.25) is 0 Å². The molecule has 8 rings (SSSR count). The first-order chi connectivity index (χ1) is 17.9. The van der Waals surface area contributed by atoms with Gasteiger partial charge in [0.1, 0.15) is 22.7 Å². The Morgan fingerprint density at radius 3 is 1.76 bits per heavy atom. The molecule has 0 aliphatic rings. The Labute approximate surface area is 205 Å². The molecule has 0 atom stereocenters. The van der Waals surface area contributed by atoms with Crippen molar-refractivity contribution in [2.24, 2.45) is 0 Å². The first-order valence-corrected chi connectivity index (χ1v) is 11.6. The molecule has 8 aromatic rings. The predicted molar refractivity (Wildman–Crippen MR) is 133 cm³/mol. The quantitative estimate of drug-likeness (QED) is 0.246. The third kappa shape index (κ3) is 2.60. The Bertz CT molecular complexity index is 2130. The maximum absolute atomic E-state index is 13.5. The molecule has 37 heavy (non-hydrogen) atoms. The lowest BCUT2D eigenvalue weighted by Gasteiger charge is -2.06. The summed E-state index contributed by atoms with van der Waals surface area (Å²) < 4.78 is 56.1. The van der Waals surface area contributed by atoms with Crippen LogP contribution in [0, 0.1) is 6.92 Å².